The van der Waals surface area contributed by atoms with Gasteiger partial charge >= 0.3 is 0 Å². The van der Waals surface area contributed by atoms with E-state index in [0.717, 1.165) is 43.4 Å². The zero-order valence-corrected chi connectivity index (χ0v) is 13.6. The number of rotatable bonds is 9. The number of hydrogen-bond acceptors (Lipinski definition) is 1. The molecule has 1 saturated heterocycles. The molecule has 2 nitrogen and oxygen atoms in total. The maximum Gasteiger partial charge on any atom is 0.235 e. The molecular formula is C19H29NO. The smallest absolute Gasteiger partial charge is 0.235 e. The quantitative estimate of drug-likeness (QED) is 0.590. The number of amides is 1. The minimum atomic E-state index is -0.381. The van der Waals surface area contributed by atoms with E-state index in [1.165, 1.54) is 12.8 Å². The van der Waals surface area contributed by atoms with Gasteiger partial charge < -0.3 is 5.32 Å². The molecule has 0 spiro atoms. The normalized spacial score (nSPS) is 25.3. The predicted molar refractivity (Wildman–Crippen MR) is 90.8 cm³/mol. The maximum atomic E-state index is 12.7. The molecule has 1 heterocycles. The molecule has 1 unspecified atom stereocenters. The lowest BCUT2D eigenvalue weighted by Crippen LogP contribution is -2.32. The Hall–Kier alpha value is -1.57. The first-order chi connectivity index (χ1) is 10.2. The zero-order chi connectivity index (χ0) is 15.7. The van der Waals surface area contributed by atoms with Crippen LogP contribution in [-0.4, -0.2) is 5.91 Å². The second kappa shape index (κ2) is 8.66. The van der Waals surface area contributed by atoms with Gasteiger partial charge in [0.2, 0.25) is 5.91 Å². The molecule has 1 amide bonds. The summed E-state index contributed by atoms with van der Waals surface area (Å²) in [5, 5.41) is 3.05. The molecule has 21 heavy (non-hydrogen) atoms. The lowest BCUT2D eigenvalue weighted by Gasteiger charge is -2.28. The first-order valence-corrected chi connectivity index (χ1v) is 8.14. The molecule has 2 heteroatoms. The van der Waals surface area contributed by atoms with Crippen molar-refractivity contribution >= 4 is 5.91 Å². The SMILES string of the molecule is C=CC=C1/C(=C\C=C)NC(=O)C1(CCCC)CCCCC. The van der Waals surface area contributed by atoms with E-state index in [9.17, 15) is 4.79 Å². The Kier molecular flexibility index (Phi) is 7.21. The van der Waals surface area contributed by atoms with Crippen molar-refractivity contribution in [1.82, 2.24) is 5.32 Å². The zero-order valence-electron chi connectivity index (χ0n) is 13.6. The van der Waals surface area contributed by atoms with E-state index < -0.39 is 0 Å². The lowest BCUT2D eigenvalue weighted by atomic mass is 9.72. The summed E-state index contributed by atoms with van der Waals surface area (Å²) >= 11 is 0. The number of carbonyl (C=O) groups excluding carboxylic acids is 1. The minimum Gasteiger partial charge on any atom is -0.325 e. The van der Waals surface area contributed by atoms with Crippen LogP contribution in [-0.2, 0) is 4.79 Å². The van der Waals surface area contributed by atoms with Gasteiger partial charge in [-0.25, -0.2) is 0 Å². The van der Waals surface area contributed by atoms with Crippen molar-refractivity contribution in [3.8, 4) is 0 Å². The average Bonchev–Trinajstić information content (AvgIpc) is 2.72. The minimum absolute atomic E-state index is 0.147. The van der Waals surface area contributed by atoms with E-state index in [1.807, 2.05) is 12.2 Å². The Labute approximate surface area is 129 Å². The van der Waals surface area contributed by atoms with Crippen LogP contribution in [0.4, 0.5) is 0 Å². The fourth-order valence-corrected chi connectivity index (χ4v) is 3.08. The highest BCUT2D eigenvalue weighted by Crippen LogP contribution is 2.46. The van der Waals surface area contributed by atoms with Gasteiger partial charge in [-0.2, -0.15) is 0 Å². The monoisotopic (exact) mass is 287 g/mol. The molecule has 1 N–H and O–H groups in total. The molecule has 0 aromatic carbocycles. The highest BCUT2D eigenvalue weighted by atomic mass is 16.2. The van der Waals surface area contributed by atoms with Crippen LogP contribution in [0.25, 0.3) is 0 Å². The maximum absolute atomic E-state index is 12.7. The third-order valence-corrected chi connectivity index (χ3v) is 4.22. The van der Waals surface area contributed by atoms with E-state index in [1.54, 1.807) is 12.2 Å². The number of allylic oxidation sites excluding steroid dienone is 5. The summed E-state index contributed by atoms with van der Waals surface area (Å²) in [6, 6.07) is 0. The van der Waals surface area contributed by atoms with Crippen LogP contribution in [0.5, 0.6) is 0 Å². The van der Waals surface area contributed by atoms with Gasteiger partial charge in [-0.1, -0.05) is 77.3 Å². The highest BCUT2D eigenvalue weighted by molar-refractivity contribution is 5.94. The molecule has 0 aliphatic carbocycles. The van der Waals surface area contributed by atoms with Crippen molar-refractivity contribution in [2.45, 2.75) is 58.8 Å². The van der Waals surface area contributed by atoms with E-state index in [-0.39, 0.29) is 11.3 Å². The summed E-state index contributed by atoms with van der Waals surface area (Å²) < 4.78 is 0. The topological polar surface area (TPSA) is 29.1 Å². The van der Waals surface area contributed by atoms with Gasteiger partial charge in [0.1, 0.15) is 0 Å². The van der Waals surface area contributed by atoms with Crippen LogP contribution in [0, 0.1) is 5.41 Å². The molecule has 1 aliphatic heterocycles. The Morgan fingerprint density at radius 1 is 1.00 bits per heavy atom. The lowest BCUT2D eigenvalue weighted by molar-refractivity contribution is -0.127. The summed E-state index contributed by atoms with van der Waals surface area (Å²) in [4.78, 5) is 12.7. The van der Waals surface area contributed by atoms with Gasteiger partial charge in [0.15, 0.2) is 0 Å². The molecule has 1 rings (SSSR count). The summed E-state index contributed by atoms with van der Waals surface area (Å²) in [6.45, 7) is 11.9. The van der Waals surface area contributed by atoms with Crippen LogP contribution in [0.3, 0.4) is 0 Å². The fraction of sp³-hybridized carbons (Fsp3) is 0.526. The van der Waals surface area contributed by atoms with Crippen LogP contribution in [0.15, 0.2) is 48.7 Å². The van der Waals surface area contributed by atoms with E-state index in [4.69, 9.17) is 0 Å². The Morgan fingerprint density at radius 2 is 1.62 bits per heavy atom. The fourth-order valence-electron chi connectivity index (χ4n) is 3.08. The summed E-state index contributed by atoms with van der Waals surface area (Å²) in [5.74, 6) is 0.147. The van der Waals surface area contributed by atoms with Gasteiger partial charge in [0.05, 0.1) is 5.41 Å². The molecule has 1 atom stereocenters. The summed E-state index contributed by atoms with van der Waals surface area (Å²) in [7, 11) is 0. The van der Waals surface area contributed by atoms with Crippen molar-refractivity contribution in [1.29, 1.82) is 0 Å². The van der Waals surface area contributed by atoms with Crippen molar-refractivity contribution in [3.05, 3.63) is 48.7 Å². The third-order valence-electron chi connectivity index (χ3n) is 4.22. The van der Waals surface area contributed by atoms with Crippen molar-refractivity contribution in [2.75, 3.05) is 0 Å². The van der Waals surface area contributed by atoms with E-state index in [0.29, 0.717) is 0 Å². The predicted octanol–water partition coefficient (Wildman–Crippen LogP) is 5.06. The number of hydrogen-bond donors (Lipinski definition) is 1. The summed E-state index contributed by atoms with van der Waals surface area (Å²) in [5.41, 5.74) is 1.60. The van der Waals surface area contributed by atoms with Crippen LogP contribution in [0.2, 0.25) is 0 Å². The largest absolute Gasteiger partial charge is 0.325 e. The van der Waals surface area contributed by atoms with Gasteiger partial charge in [-0.15, -0.1) is 0 Å². The Balaban J connectivity index is 3.18. The van der Waals surface area contributed by atoms with Crippen molar-refractivity contribution in [2.24, 2.45) is 5.41 Å². The Morgan fingerprint density at radius 3 is 2.19 bits per heavy atom. The third kappa shape index (κ3) is 3.96. The standard InChI is InChI=1S/C19H29NO/c1-5-9-11-15-19(14-10-6-2)16(12-7-3)17(13-8-4)20-18(19)21/h7-8,12-13H,3-6,9-11,14-15H2,1-2H3,(H,20,21)/b16-12?,17-13+. The molecular weight excluding hydrogens is 258 g/mol. The van der Waals surface area contributed by atoms with Crippen molar-refractivity contribution < 1.29 is 4.79 Å². The van der Waals surface area contributed by atoms with Gasteiger partial charge in [-0.05, 0) is 24.5 Å². The molecule has 116 valence electrons. The van der Waals surface area contributed by atoms with Crippen LogP contribution >= 0.6 is 0 Å². The van der Waals surface area contributed by atoms with Gasteiger partial charge in [0.25, 0.3) is 0 Å². The summed E-state index contributed by atoms with van der Waals surface area (Å²) in [6.07, 6.45) is 14.8. The average molecular weight is 287 g/mol. The molecule has 0 aromatic heterocycles. The first-order valence-electron chi connectivity index (χ1n) is 8.14. The Bertz CT molecular complexity index is 444. The molecule has 0 radical (unpaired) electrons. The van der Waals surface area contributed by atoms with Crippen molar-refractivity contribution in [3.63, 3.8) is 0 Å². The second-order valence-electron chi connectivity index (χ2n) is 5.73. The van der Waals surface area contributed by atoms with Gasteiger partial charge in [0, 0.05) is 5.70 Å². The molecule has 0 saturated carbocycles. The molecule has 0 aromatic rings. The van der Waals surface area contributed by atoms with Gasteiger partial charge in [-0.3, -0.25) is 4.79 Å². The van der Waals surface area contributed by atoms with Crippen LogP contribution < -0.4 is 5.32 Å². The highest BCUT2D eigenvalue weighted by Gasteiger charge is 2.47. The van der Waals surface area contributed by atoms with Crippen LogP contribution in [0.1, 0.15) is 58.8 Å². The molecule has 1 fully saturated rings. The number of carbonyl (C=O) groups is 1. The van der Waals surface area contributed by atoms with E-state index >= 15 is 0 Å². The first kappa shape index (κ1) is 17.5. The second-order valence-corrected chi connectivity index (χ2v) is 5.73. The number of nitrogens with one attached hydrogen (secondary N) is 1. The van der Waals surface area contributed by atoms with E-state index in [2.05, 4.69) is 32.3 Å². The molecule has 0 bridgehead atoms. The number of unbranched alkanes of at least 4 members (excludes halogenated alkanes) is 3. The molecule has 1 aliphatic rings.